The van der Waals surface area contributed by atoms with Gasteiger partial charge in [-0.15, -0.1) is 0 Å². The van der Waals surface area contributed by atoms with Crippen LogP contribution in [0.1, 0.15) is 26.2 Å². The molecule has 2 saturated heterocycles. The van der Waals surface area contributed by atoms with Crippen LogP contribution in [0.5, 0.6) is 0 Å². The van der Waals surface area contributed by atoms with Crippen LogP contribution in [-0.4, -0.2) is 60.3 Å². The van der Waals surface area contributed by atoms with Gasteiger partial charge in [0.25, 0.3) is 0 Å². The van der Waals surface area contributed by atoms with Gasteiger partial charge in [0.2, 0.25) is 0 Å². The van der Waals surface area contributed by atoms with E-state index in [-0.39, 0.29) is 6.10 Å². The topological polar surface area (TPSA) is 26.7 Å². The summed E-state index contributed by atoms with van der Waals surface area (Å²) in [4.78, 5) is 4.96. The van der Waals surface area contributed by atoms with Gasteiger partial charge in [-0.25, -0.2) is 0 Å². The van der Waals surface area contributed by atoms with E-state index in [0.29, 0.717) is 0 Å². The van der Waals surface area contributed by atoms with Gasteiger partial charge in [0.1, 0.15) is 0 Å². The molecule has 3 heteroatoms. The minimum Gasteiger partial charge on any atom is -0.392 e. The standard InChI is InChI=1S/C12H24N2O/c1-2-13-6-3-11(9-13)4-7-14-8-5-12(15)10-14/h11-12,15H,2-10H2,1H3. The molecule has 0 radical (unpaired) electrons. The molecule has 0 aliphatic carbocycles. The smallest absolute Gasteiger partial charge is 0.0679 e. The second-order valence-electron chi connectivity index (χ2n) is 5.08. The van der Waals surface area contributed by atoms with Crippen LogP contribution >= 0.6 is 0 Å². The van der Waals surface area contributed by atoms with E-state index >= 15 is 0 Å². The molecule has 2 aliphatic heterocycles. The summed E-state index contributed by atoms with van der Waals surface area (Å²) in [5.41, 5.74) is 0. The summed E-state index contributed by atoms with van der Waals surface area (Å²) in [7, 11) is 0. The largest absolute Gasteiger partial charge is 0.392 e. The van der Waals surface area contributed by atoms with Crippen LogP contribution in [0.2, 0.25) is 0 Å². The van der Waals surface area contributed by atoms with Crippen molar-refractivity contribution in [2.24, 2.45) is 5.92 Å². The van der Waals surface area contributed by atoms with E-state index < -0.39 is 0 Å². The minimum atomic E-state index is -0.0549. The molecule has 0 aromatic heterocycles. The van der Waals surface area contributed by atoms with Gasteiger partial charge < -0.3 is 14.9 Å². The van der Waals surface area contributed by atoms with Crippen molar-refractivity contribution in [1.82, 2.24) is 9.80 Å². The van der Waals surface area contributed by atoms with E-state index in [1.54, 1.807) is 0 Å². The third-order valence-corrected chi connectivity index (χ3v) is 3.92. The van der Waals surface area contributed by atoms with E-state index in [2.05, 4.69) is 16.7 Å². The molecule has 0 spiro atoms. The summed E-state index contributed by atoms with van der Waals surface area (Å²) in [6, 6.07) is 0. The molecule has 2 rings (SSSR count). The molecule has 0 aromatic carbocycles. The molecule has 3 nitrogen and oxygen atoms in total. The first-order chi connectivity index (χ1) is 7.28. The highest BCUT2D eigenvalue weighted by Crippen LogP contribution is 2.20. The number of rotatable bonds is 4. The van der Waals surface area contributed by atoms with Crippen molar-refractivity contribution in [2.75, 3.05) is 39.3 Å². The number of likely N-dealkylation sites (tertiary alicyclic amines) is 2. The van der Waals surface area contributed by atoms with Crippen LogP contribution in [0.3, 0.4) is 0 Å². The number of aliphatic hydroxyl groups excluding tert-OH is 1. The predicted octanol–water partition coefficient (Wildman–Crippen LogP) is 0.785. The first kappa shape index (κ1) is 11.4. The van der Waals surface area contributed by atoms with Crippen LogP contribution in [-0.2, 0) is 0 Å². The summed E-state index contributed by atoms with van der Waals surface area (Å²) in [6.07, 6.45) is 3.62. The molecule has 0 amide bonds. The van der Waals surface area contributed by atoms with Gasteiger partial charge in [-0.1, -0.05) is 6.92 Å². The molecule has 2 fully saturated rings. The number of hydrogen-bond donors (Lipinski definition) is 1. The Bertz CT molecular complexity index is 198. The molecule has 2 heterocycles. The second kappa shape index (κ2) is 5.28. The number of aliphatic hydroxyl groups is 1. The van der Waals surface area contributed by atoms with Crippen molar-refractivity contribution in [1.29, 1.82) is 0 Å². The summed E-state index contributed by atoms with van der Waals surface area (Å²) in [6.45, 7) is 9.25. The maximum absolute atomic E-state index is 9.42. The SMILES string of the molecule is CCN1CCC(CCN2CCC(O)C2)C1. The van der Waals surface area contributed by atoms with Crippen LogP contribution in [0.15, 0.2) is 0 Å². The van der Waals surface area contributed by atoms with Crippen LogP contribution in [0.4, 0.5) is 0 Å². The van der Waals surface area contributed by atoms with E-state index in [1.165, 1.54) is 39.0 Å². The Kier molecular flexibility index (Phi) is 4.00. The summed E-state index contributed by atoms with van der Waals surface area (Å²) in [5, 5.41) is 9.42. The molecule has 2 aliphatic rings. The van der Waals surface area contributed by atoms with Gasteiger partial charge in [-0.2, -0.15) is 0 Å². The highest BCUT2D eigenvalue weighted by molar-refractivity contribution is 4.79. The average molecular weight is 212 g/mol. The lowest BCUT2D eigenvalue weighted by Crippen LogP contribution is -2.26. The minimum absolute atomic E-state index is 0.0549. The van der Waals surface area contributed by atoms with E-state index in [4.69, 9.17) is 0 Å². The fourth-order valence-corrected chi connectivity index (χ4v) is 2.82. The van der Waals surface area contributed by atoms with Crippen molar-refractivity contribution >= 4 is 0 Å². The van der Waals surface area contributed by atoms with Gasteiger partial charge in [0.05, 0.1) is 6.10 Å². The molecule has 0 bridgehead atoms. The molecular weight excluding hydrogens is 188 g/mol. The first-order valence-electron chi connectivity index (χ1n) is 6.40. The molecule has 0 saturated carbocycles. The number of β-amino-alcohol motifs (C(OH)–C–C–N with tert-alkyl or cyclic N) is 1. The Morgan fingerprint density at radius 3 is 2.53 bits per heavy atom. The van der Waals surface area contributed by atoms with Crippen molar-refractivity contribution < 1.29 is 5.11 Å². The van der Waals surface area contributed by atoms with Gasteiger partial charge in [0, 0.05) is 19.6 Å². The Balaban J connectivity index is 1.62. The van der Waals surface area contributed by atoms with Gasteiger partial charge in [-0.3, -0.25) is 0 Å². The number of nitrogens with zero attached hydrogens (tertiary/aromatic N) is 2. The summed E-state index contributed by atoms with van der Waals surface area (Å²) < 4.78 is 0. The third-order valence-electron chi connectivity index (χ3n) is 3.92. The Labute approximate surface area is 93.1 Å². The third kappa shape index (κ3) is 3.16. The molecule has 15 heavy (non-hydrogen) atoms. The highest BCUT2D eigenvalue weighted by atomic mass is 16.3. The van der Waals surface area contributed by atoms with Crippen molar-refractivity contribution in [2.45, 2.75) is 32.3 Å². The normalized spacial score (nSPS) is 34.0. The zero-order chi connectivity index (χ0) is 10.7. The lowest BCUT2D eigenvalue weighted by Gasteiger charge is -2.18. The summed E-state index contributed by atoms with van der Waals surface area (Å²) >= 11 is 0. The molecule has 2 unspecified atom stereocenters. The first-order valence-corrected chi connectivity index (χ1v) is 6.40. The van der Waals surface area contributed by atoms with E-state index in [1.807, 2.05) is 0 Å². The Morgan fingerprint density at radius 2 is 1.93 bits per heavy atom. The van der Waals surface area contributed by atoms with Crippen LogP contribution in [0, 0.1) is 5.92 Å². The summed E-state index contributed by atoms with van der Waals surface area (Å²) in [5.74, 6) is 0.905. The zero-order valence-corrected chi connectivity index (χ0v) is 9.86. The Morgan fingerprint density at radius 1 is 1.13 bits per heavy atom. The quantitative estimate of drug-likeness (QED) is 0.746. The van der Waals surface area contributed by atoms with Gasteiger partial charge in [0.15, 0.2) is 0 Å². The Hall–Kier alpha value is -0.120. The molecule has 88 valence electrons. The van der Waals surface area contributed by atoms with Gasteiger partial charge >= 0.3 is 0 Å². The van der Waals surface area contributed by atoms with E-state index in [9.17, 15) is 5.11 Å². The van der Waals surface area contributed by atoms with E-state index in [0.717, 1.165) is 25.4 Å². The molecule has 0 aromatic rings. The maximum atomic E-state index is 9.42. The lowest BCUT2D eigenvalue weighted by atomic mass is 10.1. The monoisotopic (exact) mass is 212 g/mol. The molecular formula is C12H24N2O. The highest BCUT2D eigenvalue weighted by Gasteiger charge is 2.24. The zero-order valence-electron chi connectivity index (χ0n) is 9.86. The average Bonchev–Trinajstić information content (AvgIpc) is 2.83. The number of hydrogen-bond acceptors (Lipinski definition) is 3. The van der Waals surface area contributed by atoms with Crippen molar-refractivity contribution in [3.63, 3.8) is 0 Å². The molecule has 2 atom stereocenters. The lowest BCUT2D eigenvalue weighted by molar-refractivity contribution is 0.174. The van der Waals surface area contributed by atoms with Gasteiger partial charge in [-0.05, 0) is 44.8 Å². The van der Waals surface area contributed by atoms with Crippen LogP contribution < -0.4 is 0 Å². The molecule has 1 N–H and O–H groups in total. The van der Waals surface area contributed by atoms with Crippen LogP contribution in [0.25, 0.3) is 0 Å². The van der Waals surface area contributed by atoms with Crippen molar-refractivity contribution in [3.8, 4) is 0 Å². The van der Waals surface area contributed by atoms with Crippen molar-refractivity contribution in [3.05, 3.63) is 0 Å². The maximum Gasteiger partial charge on any atom is 0.0679 e. The fourth-order valence-electron chi connectivity index (χ4n) is 2.82. The second-order valence-corrected chi connectivity index (χ2v) is 5.08. The fraction of sp³-hybridized carbons (Fsp3) is 1.00. The predicted molar refractivity (Wildman–Crippen MR) is 61.9 cm³/mol.